The van der Waals surface area contributed by atoms with Crippen molar-refractivity contribution in [2.45, 2.75) is 25.7 Å². The SMILES string of the molecule is Cc1ncc(C2CC2)c(C(=O)O)c1Br. The minimum atomic E-state index is -0.871. The molecule has 0 atom stereocenters. The zero-order chi connectivity index (χ0) is 10.3. The van der Waals surface area contributed by atoms with Gasteiger partial charge >= 0.3 is 5.97 Å². The minimum Gasteiger partial charge on any atom is -0.478 e. The van der Waals surface area contributed by atoms with Gasteiger partial charge in [0, 0.05) is 6.20 Å². The lowest BCUT2D eigenvalue weighted by Gasteiger charge is -2.07. The van der Waals surface area contributed by atoms with Gasteiger partial charge in [-0.05, 0) is 47.2 Å². The van der Waals surface area contributed by atoms with Crippen LogP contribution in [0.1, 0.15) is 40.4 Å². The molecule has 1 aromatic rings. The van der Waals surface area contributed by atoms with Crippen molar-refractivity contribution < 1.29 is 9.90 Å². The Morgan fingerprint density at radius 3 is 2.79 bits per heavy atom. The zero-order valence-corrected chi connectivity index (χ0v) is 9.34. The van der Waals surface area contributed by atoms with Crippen LogP contribution in [0.3, 0.4) is 0 Å². The molecule has 1 aliphatic rings. The highest BCUT2D eigenvalue weighted by molar-refractivity contribution is 9.10. The Morgan fingerprint density at radius 1 is 1.64 bits per heavy atom. The quantitative estimate of drug-likeness (QED) is 0.885. The number of halogens is 1. The Bertz CT molecular complexity index is 399. The van der Waals surface area contributed by atoms with Crippen LogP contribution < -0.4 is 0 Å². The largest absolute Gasteiger partial charge is 0.478 e. The maximum Gasteiger partial charge on any atom is 0.337 e. The summed E-state index contributed by atoms with van der Waals surface area (Å²) in [6.45, 7) is 1.80. The Labute approximate surface area is 90.3 Å². The second-order valence-corrected chi connectivity index (χ2v) is 4.36. The van der Waals surface area contributed by atoms with Gasteiger partial charge < -0.3 is 5.11 Å². The van der Waals surface area contributed by atoms with E-state index in [9.17, 15) is 4.79 Å². The van der Waals surface area contributed by atoms with E-state index < -0.39 is 5.97 Å². The van der Waals surface area contributed by atoms with Crippen LogP contribution in [0, 0.1) is 6.92 Å². The highest BCUT2D eigenvalue weighted by Gasteiger charge is 2.30. The minimum absolute atomic E-state index is 0.389. The van der Waals surface area contributed by atoms with Crippen molar-refractivity contribution >= 4 is 21.9 Å². The van der Waals surface area contributed by atoms with E-state index in [1.165, 1.54) is 0 Å². The summed E-state index contributed by atoms with van der Waals surface area (Å²) in [6, 6.07) is 0. The first kappa shape index (κ1) is 9.65. The molecule has 1 heterocycles. The van der Waals surface area contributed by atoms with Gasteiger partial charge in [-0.2, -0.15) is 0 Å². The van der Waals surface area contributed by atoms with E-state index in [0.29, 0.717) is 16.0 Å². The number of aryl methyl sites for hydroxylation is 1. The first-order valence-corrected chi connectivity index (χ1v) is 5.29. The third-order valence-corrected chi connectivity index (χ3v) is 3.42. The number of nitrogens with zero attached hydrogens (tertiary/aromatic N) is 1. The van der Waals surface area contributed by atoms with Crippen LogP contribution in [0.25, 0.3) is 0 Å². The molecule has 4 heteroatoms. The van der Waals surface area contributed by atoms with E-state index in [2.05, 4.69) is 20.9 Å². The molecule has 0 saturated heterocycles. The van der Waals surface area contributed by atoms with Crippen molar-refractivity contribution in [1.82, 2.24) is 4.98 Å². The van der Waals surface area contributed by atoms with E-state index in [0.717, 1.165) is 24.1 Å². The molecule has 2 rings (SSSR count). The van der Waals surface area contributed by atoms with E-state index in [1.807, 2.05) is 0 Å². The third-order valence-electron chi connectivity index (χ3n) is 2.45. The van der Waals surface area contributed by atoms with Crippen LogP contribution in [-0.2, 0) is 0 Å². The van der Waals surface area contributed by atoms with Crippen molar-refractivity contribution in [1.29, 1.82) is 0 Å². The number of pyridine rings is 1. The fourth-order valence-electron chi connectivity index (χ4n) is 1.52. The summed E-state index contributed by atoms with van der Waals surface area (Å²) in [7, 11) is 0. The van der Waals surface area contributed by atoms with Gasteiger partial charge in [-0.25, -0.2) is 4.79 Å². The van der Waals surface area contributed by atoms with Gasteiger partial charge in [-0.1, -0.05) is 0 Å². The van der Waals surface area contributed by atoms with Crippen molar-refractivity contribution in [3.63, 3.8) is 0 Å². The number of aromatic nitrogens is 1. The molecule has 0 radical (unpaired) electrons. The monoisotopic (exact) mass is 255 g/mol. The summed E-state index contributed by atoms with van der Waals surface area (Å²) in [4.78, 5) is 15.2. The topological polar surface area (TPSA) is 50.2 Å². The van der Waals surface area contributed by atoms with Crippen LogP contribution in [-0.4, -0.2) is 16.1 Å². The number of carbonyl (C=O) groups is 1. The number of carboxylic acids is 1. The summed E-state index contributed by atoms with van der Waals surface area (Å²) in [5, 5.41) is 9.09. The molecule has 0 amide bonds. The van der Waals surface area contributed by atoms with Gasteiger partial charge in [0.05, 0.1) is 15.7 Å². The molecule has 0 spiro atoms. The fraction of sp³-hybridized carbons (Fsp3) is 0.400. The molecule has 0 aliphatic heterocycles. The Hall–Kier alpha value is -0.900. The third kappa shape index (κ3) is 1.54. The number of aromatic carboxylic acids is 1. The molecule has 0 aromatic carbocycles. The average Bonchev–Trinajstić information content (AvgIpc) is 2.91. The lowest BCUT2D eigenvalue weighted by molar-refractivity contribution is 0.0694. The standard InChI is InChI=1S/C10H10BrNO2/c1-5-9(11)8(10(13)14)7(4-12-5)6-2-3-6/h4,6H,2-3H2,1H3,(H,13,14). The van der Waals surface area contributed by atoms with Gasteiger partial charge in [-0.15, -0.1) is 0 Å². The molecule has 1 aromatic heterocycles. The molecule has 0 unspecified atom stereocenters. The van der Waals surface area contributed by atoms with Crippen LogP contribution in [0.4, 0.5) is 0 Å². The highest BCUT2D eigenvalue weighted by atomic mass is 79.9. The van der Waals surface area contributed by atoms with Gasteiger partial charge in [0.15, 0.2) is 0 Å². The van der Waals surface area contributed by atoms with Crippen LogP contribution in [0.5, 0.6) is 0 Å². The smallest absolute Gasteiger partial charge is 0.337 e. The molecule has 1 aliphatic carbocycles. The molecular formula is C10H10BrNO2. The van der Waals surface area contributed by atoms with E-state index in [1.54, 1.807) is 13.1 Å². The number of hydrogen-bond acceptors (Lipinski definition) is 2. The Kier molecular flexibility index (Phi) is 2.31. The summed E-state index contributed by atoms with van der Waals surface area (Å²) in [6.07, 6.45) is 3.86. The molecular weight excluding hydrogens is 246 g/mol. The number of hydrogen-bond donors (Lipinski definition) is 1. The van der Waals surface area contributed by atoms with Crippen molar-refractivity contribution in [2.75, 3.05) is 0 Å². The molecule has 74 valence electrons. The van der Waals surface area contributed by atoms with E-state index >= 15 is 0 Å². The lowest BCUT2D eigenvalue weighted by atomic mass is 10.1. The fourth-order valence-corrected chi connectivity index (χ4v) is 2.02. The molecule has 3 nitrogen and oxygen atoms in total. The van der Waals surface area contributed by atoms with Gasteiger partial charge in [-0.3, -0.25) is 4.98 Å². The summed E-state index contributed by atoms with van der Waals surface area (Å²) in [5.74, 6) is -0.463. The van der Waals surface area contributed by atoms with Gasteiger partial charge in [0.2, 0.25) is 0 Å². The first-order chi connectivity index (χ1) is 6.61. The Balaban J connectivity index is 2.59. The van der Waals surface area contributed by atoms with E-state index in [-0.39, 0.29) is 0 Å². The van der Waals surface area contributed by atoms with Crippen molar-refractivity contribution in [3.8, 4) is 0 Å². The number of rotatable bonds is 2. The van der Waals surface area contributed by atoms with Gasteiger partial charge in [0.25, 0.3) is 0 Å². The first-order valence-electron chi connectivity index (χ1n) is 4.49. The molecule has 1 saturated carbocycles. The maximum absolute atomic E-state index is 11.1. The van der Waals surface area contributed by atoms with Crippen molar-refractivity contribution in [3.05, 3.63) is 27.5 Å². The lowest BCUT2D eigenvalue weighted by Crippen LogP contribution is -2.05. The second kappa shape index (κ2) is 3.35. The highest BCUT2D eigenvalue weighted by Crippen LogP contribution is 2.43. The predicted octanol–water partition coefficient (Wildman–Crippen LogP) is 2.73. The van der Waals surface area contributed by atoms with Crippen LogP contribution in [0.15, 0.2) is 10.7 Å². The maximum atomic E-state index is 11.1. The van der Waals surface area contributed by atoms with Gasteiger partial charge in [0.1, 0.15) is 0 Å². The molecule has 1 N–H and O–H groups in total. The predicted molar refractivity (Wildman–Crippen MR) is 55.6 cm³/mol. The summed E-state index contributed by atoms with van der Waals surface area (Å²) in [5.41, 5.74) is 1.99. The summed E-state index contributed by atoms with van der Waals surface area (Å²) >= 11 is 3.28. The van der Waals surface area contributed by atoms with E-state index in [4.69, 9.17) is 5.11 Å². The Morgan fingerprint density at radius 2 is 2.29 bits per heavy atom. The zero-order valence-electron chi connectivity index (χ0n) is 7.75. The average molecular weight is 256 g/mol. The number of carboxylic acid groups (broad SMARTS) is 1. The molecule has 1 fully saturated rings. The van der Waals surface area contributed by atoms with Crippen molar-refractivity contribution in [2.24, 2.45) is 0 Å². The van der Waals surface area contributed by atoms with Crippen LogP contribution in [0.2, 0.25) is 0 Å². The normalized spacial score (nSPS) is 15.6. The second-order valence-electron chi connectivity index (χ2n) is 3.57. The molecule has 0 bridgehead atoms. The molecule has 14 heavy (non-hydrogen) atoms. The van der Waals surface area contributed by atoms with Crippen LogP contribution >= 0.6 is 15.9 Å². The summed E-state index contributed by atoms with van der Waals surface area (Å²) < 4.78 is 0.620.